The van der Waals surface area contributed by atoms with Gasteiger partial charge in [-0.25, -0.2) is 0 Å². The highest BCUT2D eigenvalue weighted by atomic mass is 35.5. The molecule has 0 aliphatic rings. The molecule has 0 radical (unpaired) electrons. The molecule has 0 aliphatic heterocycles. The number of nitrogens with one attached hydrogen (secondary N) is 1. The average Bonchev–Trinajstić information content (AvgIpc) is 3.11. The third kappa shape index (κ3) is 3.09. The summed E-state index contributed by atoms with van der Waals surface area (Å²) in [7, 11) is 0. The van der Waals surface area contributed by atoms with Gasteiger partial charge in [0.25, 0.3) is 5.91 Å². The van der Waals surface area contributed by atoms with Crippen LogP contribution in [0, 0.1) is 13.8 Å². The highest BCUT2D eigenvalue weighted by Gasteiger charge is 2.23. The van der Waals surface area contributed by atoms with Gasteiger partial charge in [0.15, 0.2) is 5.82 Å². The second-order valence-corrected chi connectivity index (χ2v) is 5.27. The summed E-state index contributed by atoms with van der Waals surface area (Å²) in [6, 6.07) is 7.12. The molecule has 1 N–H and O–H groups in total. The monoisotopic (exact) mass is 332 g/mol. The minimum Gasteiger partial charge on any atom is -0.360 e. The Kier molecular flexibility index (Phi) is 4.12. The van der Waals surface area contributed by atoms with Gasteiger partial charge in [-0.3, -0.25) is 4.79 Å². The molecule has 0 unspecified atom stereocenters. The Balaban J connectivity index is 1.86. The Bertz CT molecular complexity index is 856. The van der Waals surface area contributed by atoms with Crippen LogP contribution in [0.3, 0.4) is 0 Å². The number of carbonyl (C=O) groups is 1. The van der Waals surface area contributed by atoms with E-state index in [-0.39, 0.29) is 12.5 Å². The zero-order chi connectivity index (χ0) is 16.4. The summed E-state index contributed by atoms with van der Waals surface area (Å²) in [5.74, 6) is 0.880. The second-order valence-electron chi connectivity index (χ2n) is 4.86. The van der Waals surface area contributed by atoms with E-state index in [1.54, 1.807) is 32.0 Å². The lowest BCUT2D eigenvalue weighted by molar-refractivity contribution is 0.0945. The molecule has 3 aromatic rings. The molecule has 3 rings (SSSR count). The highest BCUT2D eigenvalue weighted by Crippen LogP contribution is 2.30. The summed E-state index contributed by atoms with van der Waals surface area (Å²) in [6.45, 7) is 3.49. The number of halogens is 1. The van der Waals surface area contributed by atoms with Gasteiger partial charge in [-0.2, -0.15) is 4.98 Å². The molecule has 0 saturated heterocycles. The van der Waals surface area contributed by atoms with E-state index in [0.29, 0.717) is 39.3 Å². The lowest BCUT2D eigenvalue weighted by atomic mass is 10.1. The Morgan fingerprint density at radius 1 is 1.22 bits per heavy atom. The first-order chi connectivity index (χ1) is 11.1. The van der Waals surface area contributed by atoms with Crippen molar-refractivity contribution >= 4 is 17.5 Å². The number of rotatable bonds is 4. The highest BCUT2D eigenvalue weighted by molar-refractivity contribution is 6.33. The smallest absolute Gasteiger partial charge is 0.257 e. The Morgan fingerprint density at radius 3 is 2.70 bits per heavy atom. The quantitative estimate of drug-likeness (QED) is 0.789. The minimum absolute atomic E-state index is 0.117. The van der Waals surface area contributed by atoms with E-state index in [2.05, 4.69) is 20.6 Å². The van der Waals surface area contributed by atoms with Crippen molar-refractivity contribution in [3.8, 4) is 11.3 Å². The minimum atomic E-state index is -0.352. The molecule has 2 heterocycles. The van der Waals surface area contributed by atoms with Gasteiger partial charge >= 0.3 is 0 Å². The molecule has 0 atom stereocenters. The second kappa shape index (κ2) is 6.21. The number of hydrogen-bond acceptors (Lipinski definition) is 6. The van der Waals surface area contributed by atoms with Crippen molar-refractivity contribution < 1.29 is 13.8 Å². The predicted octanol–water partition coefficient (Wildman–Crippen LogP) is 2.92. The van der Waals surface area contributed by atoms with E-state index in [1.807, 2.05) is 6.07 Å². The van der Waals surface area contributed by atoms with Crippen LogP contribution in [-0.2, 0) is 6.54 Å². The predicted molar refractivity (Wildman–Crippen MR) is 81.9 cm³/mol. The first-order valence-corrected chi connectivity index (χ1v) is 7.22. The molecule has 0 saturated carbocycles. The molecule has 0 aliphatic carbocycles. The lowest BCUT2D eigenvalue weighted by Crippen LogP contribution is -2.23. The molecule has 1 amide bonds. The van der Waals surface area contributed by atoms with Gasteiger partial charge < -0.3 is 14.4 Å². The summed E-state index contributed by atoms with van der Waals surface area (Å²) in [5, 5.41) is 10.8. The molecule has 0 fully saturated rings. The fourth-order valence-corrected chi connectivity index (χ4v) is 2.36. The van der Waals surface area contributed by atoms with Crippen molar-refractivity contribution in [3.05, 3.63) is 52.3 Å². The first-order valence-electron chi connectivity index (χ1n) is 6.85. The number of nitrogens with zero attached hydrogens (tertiary/aromatic N) is 3. The third-order valence-corrected chi connectivity index (χ3v) is 3.52. The Hall–Kier alpha value is -2.67. The largest absolute Gasteiger partial charge is 0.360 e. The molecular weight excluding hydrogens is 320 g/mol. The summed E-state index contributed by atoms with van der Waals surface area (Å²) in [5.41, 5.74) is 1.35. The maximum absolute atomic E-state index is 12.5. The van der Waals surface area contributed by atoms with E-state index in [4.69, 9.17) is 20.6 Å². The van der Waals surface area contributed by atoms with Crippen LogP contribution in [0.5, 0.6) is 0 Å². The molecular formula is C15H13ClN4O3. The maximum atomic E-state index is 12.5. The molecule has 0 bridgehead atoms. The number of benzene rings is 1. The summed E-state index contributed by atoms with van der Waals surface area (Å²) < 4.78 is 10.1. The van der Waals surface area contributed by atoms with Gasteiger partial charge in [0.2, 0.25) is 5.89 Å². The third-order valence-electron chi connectivity index (χ3n) is 3.19. The van der Waals surface area contributed by atoms with Gasteiger partial charge in [-0.1, -0.05) is 40.1 Å². The topological polar surface area (TPSA) is 94.1 Å². The van der Waals surface area contributed by atoms with E-state index < -0.39 is 0 Å². The summed E-state index contributed by atoms with van der Waals surface area (Å²) >= 11 is 6.17. The van der Waals surface area contributed by atoms with Crippen LogP contribution in [0.2, 0.25) is 5.02 Å². The van der Waals surface area contributed by atoms with Crippen LogP contribution in [-0.4, -0.2) is 21.2 Å². The zero-order valence-electron chi connectivity index (χ0n) is 12.5. The molecule has 2 aromatic heterocycles. The van der Waals surface area contributed by atoms with E-state index in [0.717, 1.165) is 0 Å². The van der Waals surface area contributed by atoms with Crippen LogP contribution >= 0.6 is 11.6 Å². The Morgan fingerprint density at radius 2 is 2.00 bits per heavy atom. The van der Waals surface area contributed by atoms with Gasteiger partial charge in [0.1, 0.15) is 17.0 Å². The SMILES string of the molecule is Cc1noc(CNC(=O)c2c(-c3ccccc3Cl)noc2C)n1. The van der Waals surface area contributed by atoms with Crippen LogP contribution < -0.4 is 5.32 Å². The van der Waals surface area contributed by atoms with Gasteiger partial charge in [-0.15, -0.1) is 0 Å². The molecule has 118 valence electrons. The van der Waals surface area contributed by atoms with Crippen molar-refractivity contribution in [2.45, 2.75) is 20.4 Å². The summed E-state index contributed by atoms with van der Waals surface area (Å²) in [4.78, 5) is 16.5. The zero-order valence-corrected chi connectivity index (χ0v) is 13.2. The molecule has 1 aromatic carbocycles. The van der Waals surface area contributed by atoms with Crippen LogP contribution in [0.1, 0.15) is 27.8 Å². The number of amides is 1. The van der Waals surface area contributed by atoms with E-state index in [1.165, 1.54) is 0 Å². The molecule has 0 spiro atoms. The van der Waals surface area contributed by atoms with Crippen molar-refractivity contribution in [1.29, 1.82) is 0 Å². The average molecular weight is 333 g/mol. The molecule has 7 nitrogen and oxygen atoms in total. The van der Waals surface area contributed by atoms with Gasteiger partial charge in [-0.05, 0) is 19.9 Å². The standard InChI is InChI=1S/C15H13ClN4O3/c1-8-13(15(21)17-7-12-18-9(2)19-23-12)14(20-22-8)10-5-3-4-6-11(10)16/h3-6H,7H2,1-2H3,(H,17,21). The van der Waals surface area contributed by atoms with Crippen molar-refractivity contribution in [1.82, 2.24) is 20.6 Å². The number of aromatic nitrogens is 3. The number of carbonyl (C=O) groups excluding carboxylic acids is 1. The lowest BCUT2D eigenvalue weighted by Gasteiger charge is -2.04. The molecule has 23 heavy (non-hydrogen) atoms. The maximum Gasteiger partial charge on any atom is 0.257 e. The normalized spacial score (nSPS) is 10.7. The fourth-order valence-electron chi connectivity index (χ4n) is 2.13. The fraction of sp³-hybridized carbons (Fsp3) is 0.200. The number of aryl methyl sites for hydroxylation is 2. The number of hydrogen-bond donors (Lipinski definition) is 1. The van der Waals surface area contributed by atoms with Crippen LogP contribution in [0.25, 0.3) is 11.3 Å². The summed E-state index contributed by atoms with van der Waals surface area (Å²) in [6.07, 6.45) is 0. The van der Waals surface area contributed by atoms with Gasteiger partial charge in [0, 0.05) is 5.56 Å². The molecule has 8 heteroatoms. The van der Waals surface area contributed by atoms with Crippen molar-refractivity contribution in [2.24, 2.45) is 0 Å². The van der Waals surface area contributed by atoms with Crippen molar-refractivity contribution in [3.63, 3.8) is 0 Å². The van der Waals surface area contributed by atoms with E-state index >= 15 is 0 Å². The van der Waals surface area contributed by atoms with E-state index in [9.17, 15) is 4.79 Å². The Labute approximate surface area is 136 Å². The first kappa shape index (κ1) is 15.2. The van der Waals surface area contributed by atoms with Crippen molar-refractivity contribution in [2.75, 3.05) is 0 Å². The van der Waals surface area contributed by atoms with Gasteiger partial charge in [0.05, 0.1) is 11.6 Å². The van der Waals surface area contributed by atoms with Crippen LogP contribution in [0.15, 0.2) is 33.3 Å². The van der Waals surface area contributed by atoms with Crippen LogP contribution in [0.4, 0.5) is 0 Å².